The van der Waals surface area contributed by atoms with Crippen molar-refractivity contribution in [1.29, 1.82) is 0 Å². The van der Waals surface area contributed by atoms with Crippen LogP contribution in [0.15, 0.2) is 0 Å². The Kier molecular flexibility index (Phi) is 5.85. The van der Waals surface area contributed by atoms with E-state index in [-0.39, 0.29) is 11.9 Å². The van der Waals surface area contributed by atoms with Crippen molar-refractivity contribution >= 4 is 5.91 Å². The molecule has 0 radical (unpaired) electrons. The Morgan fingerprint density at radius 3 is 2.45 bits per heavy atom. The van der Waals surface area contributed by atoms with Gasteiger partial charge in [0.05, 0.1) is 0 Å². The minimum atomic E-state index is 0.200. The summed E-state index contributed by atoms with van der Waals surface area (Å²) in [6, 6.07) is 2.36. The van der Waals surface area contributed by atoms with Gasteiger partial charge in [0.15, 0.2) is 0 Å². The quantitative estimate of drug-likeness (QED) is 0.749. The van der Waals surface area contributed by atoms with Gasteiger partial charge in [-0.3, -0.25) is 9.69 Å². The predicted octanol–water partition coefficient (Wildman–Crippen LogP) is 1.90. The topological polar surface area (TPSA) is 44.4 Å². The van der Waals surface area contributed by atoms with Gasteiger partial charge in [-0.2, -0.15) is 0 Å². The third-order valence-electron chi connectivity index (χ3n) is 4.61. The number of hydrogen-bond donors (Lipinski definition) is 2. The standard InChI is InChI=1S/C16H31N3O/c1-4-8-17-13-10-14-5-6-15(11-13)19(14)9-7-16(20)18-12(2)3/h12-15,17H,4-11H2,1-3H3,(H,18,20). The van der Waals surface area contributed by atoms with E-state index in [1.165, 1.54) is 32.1 Å². The average molecular weight is 281 g/mol. The fourth-order valence-corrected chi connectivity index (χ4v) is 3.78. The zero-order valence-electron chi connectivity index (χ0n) is 13.3. The maximum absolute atomic E-state index is 11.8. The highest BCUT2D eigenvalue weighted by Gasteiger charge is 2.40. The van der Waals surface area contributed by atoms with Crippen molar-refractivity contribution in [2.75, 3.05) is 13.1 Å². The van der Waals surface area contributed by atoms with E-state index in [4.69, 9.17) is 0 Å². The summed E-state index contributed by atoms with van der Waals surface area (Å²) in [6.07, 6.45) is 7.04. The van der Waals surface area contributed by atoms with E-state index in [2.05, 4.69) is 22.5 Å². The molecule has 0 aromatic heterocycles. The molecular weight excluding hydrogens is 250 g/mol. The number of piperidine rings is 1. The van der Waals surface area contributed by atoms with Gasteiger partial charge in [0.25, 0.3) is 0 Å². The zero-order valence-corrected chi connectivity index (χ0v) is 13.3. The maximum atomic E-state index is 11.8. The molecule has 20 heavy (non-hydrogen) atoms. The summed E-state index contributed by atoms with van der Waals surface area (Å²) in [7, 11) is 0. The Labute approximate surface area is 123 Å². The van der Waals surface area contributed by atoms with Crippen LogP contribution in [0.3, 0.4) is 0 Å². The Hall–Kier alpha value is -0.610. The van der Waals surface area contributed by atoms with Crippen LogP contribution in [0.1, 0.15) is 59.3 Å². The molecule has 0 aliphatic carbocycles. The van der Waals surface area contributed by atoms with E-state index in [0.29, 0.717) is 24.5 Å². The van der Waals surface area contributed by atoms with Crippen molar-refractivity contribution in [1.82, 2.24) is 15.5 Å². The molecule has 2 fully saturated rings. The maximum Gasteiger partial charge on any atom is 0.221 e. The minimum Gasteiger partial charge on any atom is -0.354 e. The lowest BCUT2D eigenvalue weighted by Gasteiger charge is -2.39. The number of carbonyl (C=O) groups excluding carboxylic acids is 1. The summed E-state index contributed by atoms with van der Waals surface area (Å²) in [6.45, 7) is 8.35. The first kappa shape index (κ1) is 15.8. The largest absolute Gasteiger partial charge is 0.354 e. The van der Waals surface area contributed by atoms with Gasteiger partial charge in [0.2, 0.25) is 5.91 Å². The summed E-state index contributed by atoms with van der Waals surface area (Å²) in [5.41, 5.74) is 0. The molecule has 0 aromatic rings. The van der Waals surface area contributed by atoms with Gasteiger partial charge >= 0.3 is 0 Å². The van der Waals surface area contributed by atoms with Crippen molar-refractivity contribution in [2.24, 2.45) is 0 Å². The number of fused-ring (bicyclic) bond motifs is 2. The molecule has 116 valence electrons. The van der Waals surface area contributed by atoms with Gasteiger partial charge in [0.1, 0.15) is 0 Å². The molecule has 2 bridgehead atoms. The summed E-state index contributed by atoms with van der Waals surface area (Å²) >= 11 is 0. The highest BCUT2D eigenvalue weighted by atomic mass is 16.1. The Morgan fingerprint density at radius 1 is 1.25 bits per heavy atom. The van der Waals surface area contributed by atoms with Crippen LogP contribution in [0.25, 0.3) is 0 Å². The van der Waals surface area contributed by atoms with Crippen LogP contribution in [0.5, 0.6) is 0 Å². The van der Waals surface area contributed by atoms with E-state index >= 15 is 0 Å². The van der Waals surface area contributed by atoms with Crippen LogP contribution < -0.4 is 10.6 Å². The third kappa shape index (κ3) is 4.19. The first-order chi connectivity index (χ1) is 9.60. The van der Waals surface area contributed by atoms with Gasteiger partial charge in [-0.05, 0) is 52.5 Å². The Morgan fingerprint density at radius 2 is 1.90 bits per heavy atom. The second-order valence-corrected chi connectivity index (χ2v) is 6.72. The third-order valence-corrected chi connectivity index (χ3v) is 4.61. The second kappa shape index (κ2) is 7.41. The monoisotopic (exact) mass is 281 g/mol. The molecule has 2 rings (SSSR count). The summed E-state index contributed by atoms with van der Waals surface area (Å²) in [5, 5.41) is 6.67. The lowest BCUT2D eigenvalue weighted by atomic mass is 9.97. The SMILES string of the molecule is CCCNC1CC2CCC(C1)N2CCC(=O)NC(C)C. The highest BCUT2D eigenvalue weighted by Crippen LogP contribution is 2.35. The number of carbonyl (C=O) groups is 1. The van der Waals surface area contributed by atoms with E-state index in [1.54, 1.807) is 0 Å². The van der Waals surface area contributed by atoms with E-state index in [0.717, 1.165) is 13.1 Å². The van der Waals surface area contributed by atoms with Crippen LogP contribution >= 0.6 is 0 Å². The van der Waals surface area contributed by atoms with Crippen molar-refractivity contribution in [3.05, 3.63) is 0 Å². The van der Waals surface area contributed by atoms with Gasteiger partial charge in [-0.1, -0.05) is 6.92 Å². The van der Waals surface area contributed by atoms with Crippen molar-refractivity contribution < 1.29 is 4.79 Å². The molecule has 2 N–H and O–H groups in total. The number of rotatable bonds is 7. The number of amides is 1. The van der Waals surface area contributed by atoms with Crippen molar-refractivity contribution in [3.63, 3.8) is 0 Å². The summed E-state index contributed by atoms with van der Waals surface area (Å²) in [5.74, 6) is 0.200. The first-order valence-corrected chi connectivity index (χ1v) is 8.38. The average Bonchev–Trinajstić information content (AvgIpc) is 2.63. The molecular formula is C16H31N3O. The Bertz CT molecular complexity index is 305. The van der Waals surface area contributed by atoms with Crippen LogP contribution in [0.4, 0.5) is 0 Å². The van der Waals surface area contributed by atoms with Crippen LogP contribution in [0.2, 0.25) is 0 Å². The van der Waals surface area contributed by atoms with E-state index in [1.807, 2.05) is 13.8 Å². The molecule has 0 saturated carbocycles. The molecule has 0 aromatic carbocycles. The van der Waals surface area contributed by atoms with Crippen molar-refractivity contribution in [2.45, 2.75) is 83.5 Å². The Balaban J connectivity index is 1.76. The predicted molar refractivity (Wildman–Crippen MR) is 82.7 cm³/mol. The van der Waals surface area contributed by atoms with Gasteiger partial charge < -0.3 is 10.6 Å². The molecule has 2 aliphatic heterocycles. The molecule has 0 spiro atoms. The minimum absolute atomic E-state index is 0.200. The zero-order chi connectivity index (χ0) is 14.5. The number of nitrogens with one attached hydrogen (secondary N) is 2. The fraction of sp³-hybridized carbons (Fsp3) is 0.938. The van der Waals surface area contributed by atoms with E-state index in [9.17, 15) is 4.79 Å². The van der Waals surface area contributed by atoms with Gasteiger partial charge in [-0.25, -0.2) is 0 Å². The van der Waals surface area contributed by atoms with Crippen molar-refractivity contribution in [3.8, 4) is 0 Å². The molecule has 2 atom stereocenters. The number of nitrogens with zero attached hydrogens (tertiary/aromatic N) is 1. The van der Waals surface area contributed by atoms with Crippen LogP contribution in [0, 0.1) is 0 Å². The lowest BCUT2D eigenvalue weighted by molar-refractivity contribution is -0.122. The second-order valence-electron chi connectivity index (χ2n) is 6.72. The molecule has 4 heteroatoms. The lowest BCUT2D eigenvalue weighted by Crippen LogP contribution is -2.50. The summed E-state index contributed by atoms with van der Waals surface area (Å²) < 4.78 is 0. The van der Waals surface area contributed by atoms with E-state index < -0.39 is 0 Å². The van der Waals surface area contributed by atoms with Gasteiger partial charge in [0, 0.05) is 37.1 Å². The molecule has 2 heterocycles. The molecule has 4 nitrogen and oxygen atoms in total. The fourth-order valence-electron chi connectivity index (χ4n) is 3.78. The molecule has 2 aliphatic rings. The smallest absolute Gasteiger partial charge is 0.221 e. The number of hydrogen-bond acceptors (Lipinski definition) is 3. The molecule has 2 unspecified atom stereocenters. The van der Waals surface area contributed by atoms with Gasteiger partial charge in [-0.15, -0.1) is 0 Å². The van der Waals surface area contributed by atoms with Crippen LogP contribution in [-0.2, 0) is 4.79 Å². The normalized spacial score (nSPS) is 29.9. The summed E-state index contributed by atoms with van der Waals surface area (Å²) in [4.78, 5) is 14.4. The highest BCUT2D eigenvalue weighted by molar-refractivity contribution is 5.76. The molecule has 2 saturated heterocycles. The van der Waals surface area contributed by atoms with Crippen LogP contribution in [-0.4, -0.2) is 48.1 Å². The first-order valence-electron chi connectivity index (χ1n) is 8.38. The molecule has 1 amide bonds.